The van der Waals surface area contributed by atoms with Gasteiger partial charge in [-0.15, -0.1) is 0 Å². The highest BCUT2D eigenvalue weighted by atomic mass is 16.5. The van der Waals surface area contributed by atoms with Crippen molar-refractivity contribution >= 4 is 23.2 Å². The Bertz CT molecular complexity index is 870. The first-order chi connectivity index (χ1) is 13.0. The molecule has 0 atom stereocenters. The van der Waals surface area contributed by atoms with Gasteiger partial charge in [-0.3, -0.25) is 9.59 Å². The Morgan fingerprint density at radius 2 is 1.85 bits per heavy atom. The number of carbonyl (C=O) groups is 2. The fraction of sp³-hybridized carbons (Fsp3) is 0.364. The summed E-state index contributed by atoms with van der Waals surface area (Å²) in [6, 6.07) is 12.9. The Kier molecular flexibility index (Phi) is 4.60. The minimum absolute atomic E-state index is 0.0948. The second-order valence-corrected chi connectivity index (χ2v) is 7.50. The highest BCUT2D eigenvalue weighted by molar-refractivity contribution is 6.05. The molecule has 5 nitrogen and oxygen atoms in total. The predicted octanol–water partition coefficient (Wildman–Crippen LogP) is 4.03. The summed E-state index contributed by atoms with van der Waals surface area (Å²) in [6.07, 6.45) is 2.96. The molecule has 2 aliphatic rings. The van der Waals surface area contributed by atoms with Crippen LogP contribution in [0.1, 0.15) is 42.6 Å². The maximum Gasteiger partial charge on any atom is 0.255 e. The van der Waals surface area contributed by atoms with Crippen molar-refractivity contribution in [3.63, 3.8) is 0 Å². The molecule has 4 rings (SSSR count). The van der Waals surface area contributed by atoms with Gasteiger partial charge >= 0.3 is 0 Å². The first-order valence-electron chi connectivity index (χ1n) is 9.53. The molecule has 0 unspecified atom stereocenters. The summed E-state index contributed by atoms with van der Waals surface area (Å²) in [5.41, 5.74) is 3.37. The number of benzene rings is 2. The normalized spacial score (nSPS) is 15.6. The summed E-state index contributed by atoms with van der Waals surface area (Å²) in [6.45, 7) is 4.66. The van der Waals surface area contributed by atoms with Gasteiger partial charge in [0.1, 0.15) is 5.75 Å². The van der Waals surface area contributed by atoms with Gasteiger partial charge < -0.3 is 15.0 Å². The zero-order valence-corrected chi connectivity index (χ0v) is 15.7. The third-order valence-corrected chi connectivity index (χ3v) is 4.92. The van der Waals surface area contributed by atoms with E-state index >= 15 is 0 Å². The maximum absolute atomic E-state index is 12.5. The molecule has 1 aliphatic carbocycles. The monoisotopic (exact) mass is 364 g/mol. The Labute approximate surface area is 159 Å². The summed E-state index contributed by atoms with van der Waals surface area (Å²) in [4.78, 5) is 26.9. The van der Waals surface area contributed by atoms with Gasteiger partial charge in [-0.2, -0.15) is 0 Å². The molecule has 1 N–H and O–H groups in total. The topological polar surface area (TPSA) is 58.6 Å². The molecule has 1 saturated carbocycles. The number of rotatable bonds is 5. The van der Waals surface area contributed by atoms with Gasteiger partial charge in [0, 0.05) is 29.4 Å². The van der Waals surface area contributed by atoms with Gasteiger partial charge in [0.25, 0.3) is 5.91 Å². The average molecular weight is 364 g/mol. The van der Waals surface area contributed by atoms with Crippen molar-refractivity contribution in [2.45, 2.75) is 39.2 Å². The van der Waals surface area contributed by atoms with Gasteiger partial charge in [-0.25, -0.2) is 0 Å². The highest BCUT2D eigenvalue weighted by Crippen LogP contribution is 2.37. The van der Waals surface area contributed by atoms with E-state index in [2.05, 4.69) is 5.32 Å². The van der Waals surface area contributed by atoms with Crippen LogP contribution in [-0.4, -0.2) is 24.5 Å². The van der Waals surface area contributed by atoms with Gasteiger partial charge in [-0.05, 0) is 75.1 Å². The number of carbonyl (C=O) groups excluding carboxylic acids is 2. The van der Waals surface area contributed by atoms with E-state index in [1.807, 2.05) is 36.9 Å². The first-order valence-corrected chi connectivity index (χ1v) is 9.53. The average Bonchev–Trinajstić information content (AvgIpc) is 3.41. The number of hydrogen-bond donors (Lipinski definition) is 1. The van der Waals surface area contributed by atoms with Crippen molar-refractivity contribution in [2.24, 2.45) is 5.92 Å². The van der Waals surface area contributed by atoms with E-state index in [1.165, 1.54) is 0 Å². The zero-order chi connectivity index (χ0) is 19.0. The Balaban J connectivity index is 1.47. The number of ether oxygens (including phenoxy) is 1. The van der Waals surface area contributed by atoms with E-state index in [0.29, 0.717) is 11.3 Å². The van der Waals surface area contributed by atoms with Crippen LogP contribution < -0.4 is 15.0 Å². The van der Waals surface area contributed by atoms with Crippen molar-refractivity contribution in [3.8, 4) is 5.75 Å². The predicted molar refractivity (Wildman–Crippen MR) is 105 cm³/mol. The summed E-state index contributed by atoms with van der Waals surface area (Å²) in [7, 11) is 0. The molecule has 0 radical (unpaired) electrons. The quantitative estimate of drug-likeness (QED) is 0.872. The number of anilines is 2. The molecule has 0 spiro atoms. The molecule has 0 saturated heterocycles. The van der Waals surface area contributed by atoms with E-state index in [4.69, 9.17) is 4.74 Å². The summed E-state index contributed by atoms with van der Waals surface area (Å²) >= 11 is 0. The largest absolute Gasteiger partial charge is 0.491 e. The minimum atomic E-state index is -0.177. The molecule has 2 amide bonds. The minimum Gasteiger partial charge on any atom is -0.491 e. The molecule has 0 bridgehead atoms. The number of nitrogens with one attached hydrogen (secondary N) is 1. The van der Waals surface area contributed by atoms with E-state index < -0.39 is 0 Å². The molecule has 2 aromatic rings. The second kappa shape index (κ2) is 7.06. The summed E-state index contributed by atoms with van der Waals surface area (Å²) in [5.74, 6) is 0.983. The van der Waals surface area contributed by atoms with Crippen molar-refractivity contribution in [3.05, 3.63) is 53.6 Å². The molecule has 140 valence electrons. The van der Waals surface area contributed by atoms with Gasteiger partial charge in [0.2, 0.25) is 5.91 Å². The Morgan fingerprint density at radius 1 is 1.11 bits per heavy atom. The first kappa shape index (κ1) is 17.6. The maximum atomic E-state index is 12.5. The smallest absolute Gasteiger partial charge is 0.255 e. The van der Waals surface area contributed by atoms with E-state index in [9.17, 15) is 9.59 Å². The lowest BCUT2D eigenvalue weighted by atomic mass is 10.1. The Hall–Kier alpha value is -2.82. The fourth-order valence-corrected chi connectivity index (χ4v) is 3.40. The van der Waals surface area contributed by atoms with Crippen LogP contribution in [0.4, 0.5) is 11.4 Å². The van der Waals surface area contributed by atoms with Crippen LogP contribution in [0, 0.1) is 5.92 Å². The number of fused-ring (bicyclic) bond motifs is 1. The molecule has 5 heteroatoms. The number of amides is 2. The summed E-state index contributed by atoms with van der Waals surface area (Å²) in [5, 5.41) is 2.93. The van der Waals surface area contributed by atoms with Crippen LogP contribution in [0.3, 0.4) is 0 Å². The van der Waals surface area contributed by atoms with Gasteiger partial charge in [0.15, 0.2) is 0 Å². The van der Waals surface area contributed by atoms with E-state index in [1.54, 1.807) is 24.3 Å². The summed E-state index contributed by atoms with van der Waals surface area (Å²) < 4.78 is 5.61. The highest BCUT2D eigenvalue weighted by Gasteiger charge is 2.36. The SMILES string of the molecule is CC(C)Oc1ccc(C(=O)Nc2ccc3c(c2)N(C(=O)C2CC2)CC3)cc1. The van der Waals surface area contributed by atoms with Crippen LogP contribution in [0.5, 0.6) is 5.75 Å². The third-order valence-electron chi connectivity index (χ3n) is 4.92. The van der Waals surface area contributed by atoms with Gasteiger partial charge in [-0.1, -0.05) is 6.07 Å². The van der Waals surface area contributed by atoms with Crippen molar-refractivity contribution in [1.82, 2.24) is 0 Å². The molecular formula is C22H24N2O3. The van der Waals surface area contributed by atoms with Crippen molar-refractivity contribution in [2.75, 3.05) is 16.8 Å². The standard InChI is InChI=1S/C22H24N2O3/c1-14(2)27-19-9-6-16(7-10-19)21(25)23-18-8-5-15-11-12-24(20(15)13-18)22(26)17-3-4-17/h5-10,13-14,17H,3-4,11-12H2,1-2H3,(H,23,25). The second-order valence-electron chi connectivity index (χ2n) is 7.50. The lowest BCUT2D eigenvalue weighted by Crippen LogP contribution is -2.30. The molecule has 1 aliphatic heterocycles. The molecular weight excluding hydrogens is 340 g/mol. The van der Waals surface area contributed by atoms with Crippen LogP contribution in [-0.2, 0) is 11.2 Å². The molecule has 1 heterocycles. The van der Waals surface area contributed by atoms with Crippen molar-refractivity contribution in [1.29, 1.82) is 0 Å². The molecule has 27 heavy (non-hydrogen) atoms. The molecule has 0 aromatic heterocycles. The van der Waals surface area contributed by atoms with Crippen molar-refractivity contribution < 1.29 is 14.3 Å². The lowest BCUT2D eigenvalue weighted by molar-refractivity contribution is -0.119. The van der Waals surface area contributed by atoms with E-state index in [-0.39, 0.29) is 23.8 Å². The number of hydrogen-bond acceptors (Lipinski definition) is 3. The van der Waals surface area contributed by atoms with Crippen LogP contribution in [0.2, 0.25) is 0 Å². The Morgan fingerprint density at radius 3 is 2.52 bits per heavy atom. The van der Waals surface area contributed by atoms with Crippen LogP contribution in [0.25, 0.3) is 0 Å². The number of nitrogens with zero attached hydrogens (tertiary/aromatic N) is 1. The lowest BCUT2D eigenvalue weighted by Gasteiger charge is -2.18. The molecule has 1 fully saturated rings. The van der Waals surface area contributed by atoms with Gasteiger partial charge in [0.05, 0.1) is 6.10 Å². The third kappa shape index (κ3) is 3.82. The van der Waals surface area contributed by atoms with Crippen LogP contribution in [0.15, 0.2) is 42.5 Å². The zero-order valence-electron chi connectivity index (χ0n) is 15.7. The van der Waals surface area contributed by atoms with E-state index in [0.717, 1.165) is 42.8 Å². The van der Waals surface area contributed by atoms with Crippen LogP contribution >= 0.6 is 0 Å². The molecule has 2 aromatic carbocycles. The fourth-order valence-electron chi connectivity index (χ4n) is 3.40.